The fourth-order valence-corrected chi connectivity index (χ4v) is 3.55. The summed E-state index contributed by atoms with van der Waals surface area (Å²) < 4.78 is 6.28. The molecule has 1 saturated heterocycles. The third-order valence-corrected chi connectivity index (χ3v) is 4.96. The molecule has 1 aliphatic heterocycles. The molecule has 122 valence electrons. The Morgan fingerprint density at radius 1 is 1.48 bits per heavy atom. The largest absolute Gasteiger partial charge is 0.361 e. The summed E-state index contributed by atoms with van der Waals surface area (Å²) in [7, 11) is 0. The number of benzene rings is 1. The van der Waals surface area contributed by atoms with Gasteiger partial charge in [-0.1, -0.05) is 24.2 Å². The predicted octanol–water partition coefficient (Wildman–Crippen LogP) is 4.68. The van der Waals surface area contributed by atoms with Crippen molar-refractivity contribution in [2.24, 2.45) is 0 Å². The van der Waals surface area contributed by atoms with Gasteiger partial charge in [-0.3, -0.25) is 0 Å². The fraction of sp³-hybridized carbons (Fsp3) is 0.412. The number of aryl methyl sites for hydroxylation is 2. The van der Waals surface area contributed by atoms with Crippen molar-refractivity contribution < 1.29 is 9.32 Å². The third kappa shape index (κ3) is 3.13. The van der Waals surface area contributed by atoms with Gasteiger partial charge in [-0.2, -0.15) is 0 Å². The summed E-state index contributed by atoms with van der Waals surface area (Å²) in [5, 5.41) is 7.07. The van der Waals surface area contributed by atoms with Crippen LogP contribution < -0.4 is 5.32 Å². The minimum atomic E-state index is -0.0814. The number of amides is 2. The molecule has 2 aromatic rings. The van der Waals surface area contributed by atoms with Crippen LogP contribution in [0.1, 0.15) is 42.8 Å². The van der Waals surface area contributed by atoms with Crippen molar-refractivity contribution in [3.8, 4) is 0 Å². The van der Waals surface area contributed by atoms with Gasteiger partial charge >= 0.3 is 6.03 Å². The summed E-state index contributed by atoms with van der Waals surface area (Å²) in [6.45, 7) is 4.73. The monoisotopic (exact) mass is 377 g/mol. The van der Waals surface area contributed by atoms with Crippen LogP contribution >= 0.6 is 15.9 Å². The number of urea groups is 1. The third-order valence-electron chi connectivity index (χ3n) is 4.27. The second-order valence-electron chi connectivity index (χ2n) is 5.72. The van der Waals surface area contributed by atoms with Crippen LogP contribution in [-0.2, 0) is 6.42 Å². The average molecular weight is 378 g/mol. The fourth-order valence-electron chi connectivity index (χ4n) is 3.17. The molecule has 2 amide bonds. The minimum Gasteiger partial charge on any atom is -0.361 e. The molecule has 1 fully saturated rings. The van der Waals surface area contributed by atoms with Gasteiger partial charge in [0, 0.05) is 23.0 Å². The van der Waals surface area contributed by atoms with Crippen molar-refractivity contribution in [2.45, 2.75) is 39.2 Å². The zero-order valence-electron chi connectivity index (χ0n) is 13.3. The number of nitrogens with one attached hydrogen (secondary N) is 1. The van der Waals surface area contributed by atoms with Gasteiger partial charge < -0.3 is 14.7 Å². The van der Waals surface area contributed by atoms with Crippen molar-refractivity contribution in [3.05, 3.63) is 45.8 Å². The van der Waals surface area contributed by atoms with E-state index in [0.29, 0.717) is 0 Å². The number of rotatable bonds is 3. The molecule has 23 heavy (non-hydrogen) atoms. The number of hydrogen-bond donors (Lipinski definition) is 1. The Bertz CT molecular complexity index is 714. The van der Waals surface area contributed by atoms with Crippen molar-refractivity contribution in [3.63, 3.8) is 0 Å². The van der Waals surface area contributed by atoms with E-state index in [4.69, 9.17) is 4.52 Å². The average Bonchev–Trinajstić information content (AvgIpc) is 3.15. The molecule has 1 aromatic carbocycles. The summed E-state index contributed by atoms with van der Waals surface area (Å²) in [6.07, 6.45) is 2.71. The normalized spacial score (nSPS) is 17.5. The highest BCUT2D eigenvalue weighted by Crippen LogP contribution is 2.36. The predicted molar refractivity (Wildman–Crippen MR) is 92.5 cm³/mol. The van der Waals surface area contributed by atoms with E-state index >= 15 is 0 Å². The summed E-state index contributed by atoms with van der Waals surface area (Å²) in [6, 6.07) is 7.58. The Morgan fingerprint density at radius 2 is 2.26 bits per heavy atom. The van der Waals surface area contributed by atoms with E-state index in [0.717, 1.165) is 53.0 Å². The van der Waals surface area contributed by atoms with E-state index in [1.807, 2.05) is 43.0 Å². The summed E-state index contributed by atoms with van der Waals surface area (Å²) in [4.78, 5) is 14.6. The number of nitrogens with zero attached hydrogens (tertiary/aromatic N) is 2. The highest BCUT2D eigenvalue weighted by molar-refractivity contribution is 9.10. The van der Waals surface area contributed by atoms with Crippen LogP contribution in [0, 0.1) is 6.92 Å². The van der Waals surface area contributed by atoms with Gasteiger partial charge in [0.25, 0.3) is 0 Å². The number of anilines is 1. The van der Waals surface area contributed by atoms with Crippen LogP contribution in [-0.4, -0.2) is 22.6 Å². The van der Waals surface area contributed by atoms with Crippen LogP contribution in [0.2, 0.25) is 0 Å². The maximum Gasteiger partial charge on any atom is 0.322 e. The Labute approximate surface area is 144 Å². The van der Waals surface area contributed by atoms with E-state index < -0.39 is 0 Å². The van der Waals surface area contributed by atoms with E-state index in [9.17, 15) is 4.79 Å². The lowest BCUT2D eigenvalue weighted by Crippen LogP contribution is -2.35. The zero-order chi connectivity index (χ0) is 16.4. The zero-order valence-corrected chi connectivity index (χ0v) is 14.9. The lowest BCUT2D eigenvalue weighted by molar-refractivity contribution is 0.206. The smallest absolute Gasteiger partial charge is 0.322 e. The standard InChI is InChI=1S/C17H20BrN3O2/c1-3-15-16(11(2)20-23-15)14-9-6-10-21(14)17(22)19-13-8-5-4-7-12(13)18/h4-5,7-8,14H,3,6,9-10H2,1-2H3,(H,19,22)/t14-/m1/s1. The molecule has 2 heterocycles. The van der Waals surface area contributed by atoms with Crippen LogP contribution in [0.15, 0.2) is 33.3 Å². The summed E-state index contributed by atoms with van der Waals surface area (Å²) in [5.41, 5.74) is 2.74. The van der Waals surface area contributed by atoms with E-state index in [1.54, 1.807) is 0 Å². The van der Waals surface area contributed by atoms with Gasteiger partial charge in [0.05, 0.1) is 17.4 Å². The first-order chi connectivity index (χ1) is 11.1. The molecular weight excluding hydrogens is 358 g/mol. The highest BCUT2D eigenvalue weighted by atomic mass is 79.9. The van der Waals surface area contributed by atoms with Gasteiger partial charge in [-0.05, 0) is 47.8 Å². The quantitative estimate of drug-likeness (QED) is 0.844. The van der Waals surface area contributed by atoms with E-state index in [1.165, 1.54) is 0 Å². The van der Waals surface area contributed by atoms with Gasteiger partial charge in [0.2, 0.25) is 0 Å². The molecule has 0 radical (unpaired) electrons. The molecule has 0 saturated carbocycles. The molecule has 1 N–H and O–H groups in total. The second kappa shape index (κ2) is 6.74. The molecule has 0 aliphatic carbocycles. The summed E-state index contributed by atoms with van der Waals surface area (Å²) in [5.74, 6) is 0.882. The second-order valence-corrected chi connectivity index (χ2v) is 6.57. The molecule has 3 rings (SSSR count). The molecule has 0 spiro atoms. The molecular formula is C17H20BrN3O2. The maximum atomic E-state index is 12.7. The Kier molecular flexibility index (Phi) is 4.71. The van der Waals surface area contributed by atoms with Crippen molar-refractivity contribution in [2.75, 3.05) is 11.9 Å². The number of para-hydroxylation sites is 1. The number of halogens is 1. The maximum absolute atomic E-state index is 12.7. The van der Waals surface area contributed by atoms with Gasteiger partial charge in [0.15, 0.2) is 0 Å². The van der Waals surface area contributed by atoms with Crippen LogP contribution in [0.3, 0.4) is 0 Å². The van der Waals surface area contributed by atoms with E-state index in [2.05, 4.69) is 26.4 Å². The van der Waals surface area contributed by atoms with Gasteiger partial charge in [0.1, 0.15) is 5.76 Å². The highest BCUT2D eigenvalue weighted by Gasteiger charge is 2.34. The number of hydrogen-bond acceptors (Lipinski definition) is 3. The van der Waals surface area contributed by atoms with Crippen molar-refractivity contribution >= 4 is 27.6 Å². The number of carbonyl (C=O) groups excluding carboxylic acids is 1. The first-order valence-electron chi connectivity index (χ1n) is 7.89. The molecule has 6 heteroatoms. The van der Waals surface area contributed by atoms with Crippen molar-refractivity contribution in [1.82, 2.24) is 10.1 Å². The van der Waals surface area contributed by atoms with Crippen molar-refractivity contribution in [1.29, 1.82) is 0 Å². The Balaban J connectivity index is 1.83. The Hall–Kier alpha value is -1.82. The van der Waals surface area contributed by atoms with Crippen LogP contribution in [0.4, 0.5) is 10.5 Å². The first kappa shape index (κ1) is 16.1. The SMILES string of the molecule is CCc1onc(C)c1[C@H]1CCCN1C(=O)Nc1ccccc1Br. The topological polar surface area (TPSA) is 58.4 Å². The number of carbonyl (C=O) groups is 1. The van der Waals surface area contributed by atoms with E-state index in [-0.39, 0.29) is 12.1 Å². The summed E-state index contributed by atoms with van der Waals surface area (Å²) >= 11 is 3.46. The molecule has 1 atom stereocenters. The minimum absolute atomic E-state index is 0.0405. The number of likely N-dealkylation sites (tertiary alicyclic amines) is 1. The number of aromatic nitrogens is 1. The molecule has 5 nitrogen and oxygen atoms in total. The first-order valence-corrected chi connectivity index (χ1v) is 8.68. The molecule has 1 aliphatic rings. The van der Waals surface area contributed by atoms with Crippen LogP contribution in [0.5, 0.6) is 0 Å². The lowest BCUT2D eigenvalue weighted by atomic mass is 10.0. The molecule has 0 unspecified atom stereocenters. The lowest BCUT2D eigenvalue weighted by Gasteiger charge is -2.25. The van der Waals surface area contributed by atoms with Gasteiger partial charge in [-0.15, -0.1) is 0 Å². The molecule has 1 aromatic heterocycles. The molecule has 0 bridgehead atoms. The van der Waals surface area contributed by atoms with Crippen LogP contribution in [0.25, 0.3) is 0 Å². The van der Waals surface area contributed by atoms with Gasteiger partial charge in [-0.25, -0.2) is 4.79 Å². The Morgan fingerprint density at radius 3 is 3.00 bits per heavy atom.